The molecule has 0 saturated carbocycles. The van der Waals surface area contributed by atoms with Gasteiger partial charge in [0.25, 0.3) is 0 Å². The number of benzene rings is 2. The molecule has 0 atom stereocenters. The standard InChI is InChI=1S/C17H16FN5O2/c1-25-15-8-2-12(3-9-15)10-17(24)19-11-16-20-21-22-23(16)14-6-4-13(18)5-7-14/h2-9H,10-11H2,1H3,(H,19,24). The van der Waals surface area contributed by atoms with Crippen LogP contribution in [0.25, 0.3) is 5.69 Å². The molecular formula is C17H16FN5O2. The third kappa shape index (κ3) is 4.17. The van der Waals surface area contributed by atoms with Gasteiger partial charge in [-0.2, -0.15) is 4.68 Å². The van der Waals surface area contributed by atoms with E-state index in [2.05, 4.69) is 20.8 Å². The van der Waals surface area contributed by atoms with Crippen molar-refractivity contribution < 1.29 is 13.9 Å². The molecule has 0 spiro atoms. The first kappa shape index (κ1) is 16.6. The van der Waals surface area contributed by atoms with E-state index in [1.807, 2.05) is 12.1 Å². The molecule has 3 rings (SSSR count). The zero-order chi connectivity index (χ0) is 17.6. The number of aromatic nitrogens is 4. The van der Waals surface area contributed by atoms with Crippen LogP contribution in [0.5, 0.6) is 5.75 Å². The van der Waals surface area contributed by atoms with Gasteiger partial charge in [-0.1, -0.05) is 12.1 Å². The van der Waals surface area contributed by atoms with E-state index in [9.17, 15) is 9.18 Å². The lowest BCUT2D eigenvalue weighted by Gasteiger charge is -2.07. The SMILES string of the molecule is COc1ccc(CC(=O)NCc2nnnn2-c2ccc(F)cc2)cc1. The largest absolute Gasteiger partial charge is 0.497 e. The molecule has 0 aliphatic heterocycles. The van der Waals surface area contributed by atoms with Crippen LogP contribution in [-0.2, 0) is 17.8 Å². The summed E-state index contributed by atoms with van der Waals surface area (Å²) in [6.45, 7) is 0.166. The van der Waals surface area contributed by atoms with Crippen LogP contribution >= 0.6 is 0 Å². The minimum atomic E-state index is -0.342. The lowest BCUT2D eigenvalue weighted by molar-refractivity contribution is -0.120. The van der Waals surface area contributed by atoms with E-state index in [1.54, 1.807) is 31.4 Å². The van der Waals surface area contributed by atoms with Crippen molar-refractivity contribution in [3.8, 4) is 11.4 Å². The molecule has 0 radical (unpaired) electrons. The summed E-state index contributed by atoms with van der Waals surface area (Å²) < 4.78 is 19.5. The molecule has 0 unspecified atom stereocenters. The average Bonchev–Trinajstić information content (AvgIpc) is 3.10. The molecule has 0 aliphatic carbocycles. The van der Waals surface area contributed by atoms with Crippen LogP contribution in [0.3, 0.4) is 0 Å². The number of amides is 1. The fraction of sp³-hybridized carbons (Fsp3) is 0.176. The number of ether oxygens (including phenoxy) is 1. The predicted octanol–water partition coefficient (Wildman–Crippen LogP) is 1.67. The maximum absolute atomic E-state index is 13.0. The van der Waals surface area contributed by atoms with Gasteiger partial charge in [0.1, 0.15) is 11.6 Å². The van der Waals surface area contributed by atoms with Crippen molar-refractivity contribution in [2.75, 3.05) is 7.11 Å². The number of hydrogen-bond acceptors (Lipinski definition) is 5. The van der Waals surface area contributed by atoms with Crippen molar-refractivity contribution in [3.05, 3.63) is 65.7 Å². The van der Waals surface area contributed by atoms with Crippen molar-refractivity contribution >= 4 is 5.91 Å². The van der Waals surface area contributed by atoms with Crippen LogP contribution in [-0.4, -0.2) is 33.2 Å². The monoisotopic (exact) mass is 341 g/mol. The fourth-order valence-corrected chi connectivity index (χ4v) is 2.27. The molecule has 0 fully saturated rings. The Balaban J connectivity index is 1.61. The molecule has 1 heterocycles. The van der Waals surface area contributed by atoms with Crippen molar-refractivity contribution in [1.29, 1.82) is 0 Å². The summed E-state index contributed by atoms with van der Waals surface area (Å²) in [6, 6.07) is 13.0. The van der Waals surface area contributed by atoms with Gasteiger partial charge in [-0.3, -0.25) is 4.79 Å². The summed E-state index contributed by atoms with van der Waals surface area (Å²) >= 11 is 0. The summed E-state index contributed by atoms with van der Waals surface area (Å²) in [5, 5.41) is 14.1. The minimum Gasteiger partial charge on any atom is -0.497 e. The molecular weight excluding hydrogens is 325 g/mol. The van der Waals surface area contributed by atoms with Gasteiger partial charge in [-0.15, -0.1) is 5.10 Å². The zero-order valence-corrected chi connectivity index (χ0v) is 13.5. The van der Waals surface area contributed by atoms with Crippen LogP contribution in [0.15, 0.2) is 48.5 Å². The van der Waals surface area contributed by atoms with Crippen molar-refractivity contribution in [2.45, 2.75) is 13.0 Å². The number of tetrazole rings is 1. The second kappa shape index (κ2) is 7.52. The van der Waals surface area contributed by atoms with Crippen LogP contribution in [0, 0.1) is 5.82 Å². The third-order valence-corrected chi connectivity index (χ3v) is 3.57. The van der Waals surface area contributed by atoms with Gasteiger partial charge >= 0.3 is 0 Å². The molecule has 8 heteroatoms. The minimum absolute atomic E-state index is 0.154. The molecule has 0 aliphatic rings. The highest BCUT2D eigenvalue weighted by molar-refractivity contribution is 5.78. The normalized spacial score (nSPS) is 10.5. The van der Waals surface area contributed by atoms with Crippen molar-refractivity contribution in [1.82, 2.24) is 25.5 Å². The molecule has 25 heavy (non-hydrogen) atoms. The van der Waals surface area contributed by atoms with E-state index in [0.29, 0.717) is 11.5 Å². The number of nitrogens with zero attached hydrogens (tertiary/aromatic N) is 4. The molecule has 7 nitrogen and oxygen atoms in total. The Bertz CT molecular complexity index is 846. The van der Waals surface area contributed by atoms with Crippen LogP contribution in [0.2, 0.25) is 0 Å². The Hall–Kier alpha value is -3.29. The summed E-state index contributed by atoms with van der Waals surface area (Å²) in [4.78, 5) is 12.1. The van der Waals surface area contributed by atoms with Gasteiger partial charge in [0.15, 0.2) is 5.82 Å². The van der Waals surface area contributed by atoms with E-state index < -0.39 is 0 Å². The fourth-order valence-electron chi connectivity index (χ4n) is 2.27. The van der Waals surface area contributed by atoms with Gasteiger partial charge < -0.3 is 10.1 Å². The number of hydrogen-bond donors (Lipinski definition) is 1. The van der Waals surface area contributed by atoms with Gasteiger partial charge in [0.2, 0.25) is 5.91 Å². The maximum atomic E-state index is 13.0. The second-order valence-electron chi connectivity index (χ2n) is 5.28. The van der Waals surface area contributed by atoms with Gasteiger partial charge in [-0.05, 0) is 52.4 Å². The predicted molar refractivity (Wildman–Crippen MR) is 87.7 cm³/mol. The van der Waals surface area contributed by atoms with Crippen LogP contribution in [0.1, 0.15) is 11.4 Å². The Labute approximate surface area is 143 Å². The van der Waals surface area contributed by atoms with Crippen molar-refractivity contribution in [2.24, 2.45) is 0 Å². The average molecular weight is 341 g/mol. The number of methoxy groups -OCH3 is 1. The number of carbonyl (C=O) groups is 1. The first-order valence-electron chi connectivity index (χ1n) is 7.58. The quantitative estimate of drug-likeness (QED) is 0.737. The smallest absolute Gasteiger partial charge is 0.224 e. The molecule has 1 aromatic heterocycles. The van der Waals surface area contributed by atoms with Crippen LogP contribution < -0.4 is 10.1 Å². The summed E-state index contributed by atoms with van der Waals surface area (Å²) in [5.41, 5.74) is 1.49. The van der Waals surface area contributed by atoms with E-state index in [4.69, 9.17) is 4.74 Å². The molecule has 1 amide bonds. The Kier molecular flexibility index (Phi) is 4.98. The van der Waals surface area contributed by atoms with E-state index in [1.165, 1.54) is 16.8 Å². The zero-order valence-electron chi connectivity index (χ0n) is 13.5. The van der Waals surface area contributed by atoms with E-state index in [0.717, 1.165) is 11.3 Å². The maximum Gasteiger partial charge on any atom is 0.224 e. The van der Waals surface area contributed by atoms with Crippen molar-refractivity contribution in [3.63, 3.8) is 0 Å². The number of rotatable bonds is 6. The highest BCUT2D eigenvalue weighted by Crippen LogP contribution is 2.12. The van der Waals surface area contributed by atoms with Crippen LogP contribution in [0.4, 0.5) is 4.39 Å². The highest BCUT2D eigenvalue weighted by atomic mass is 19.1. The van der Waals surface area contributed by atoms with Gasteiger partial charge in [-0.25, -0.2) is 4.39 Å². The molecule has 0 bridgehead atoms. The summed E-state index contributed by atoms with van der Waals surface area (Å²) in [6.07, 6.45) is 0.238. The topological polar surface area (TPSA) is 81.9 Å². The van der Waals surface area contributed by atoms with E-state index >= 15 is 0 Å². The summed E-state index contributed by atoms with van der Waals surface area (Å²) in [5.74, 6) is 0.697. The summed E-state index contributed by atoms with van der Waals surface area (Å²) in [7, 11) is 1.59. The molecule has 0 saturated heterocycles. The first-order chi connectivity index (χ1) is 12.2. The Morgan fingerprint density at radius 1 is 1.16 bits per heavy atom. The van der Waals surface area contributed by atoms with Gasteiger partial charge in [0, 0.05) is 0 Å². The molecule has 2 aromatic carbocycles. The Morgan fingerprint density at radius 2 is 1.88 bits per heavy atom. The lowest BCUT2D eigenvalue weighted by Crippen LogP contribution is -2.26. The molecule has 128 valence electrons. The van der Waals surface area contributed by atoms with E-state index in [-0.39, 0.29) is 24.7 Å². The van der Waals surface area contributed by atoms with Gasteiger partial charge in [0.05, 0.1) is 25.8 Å². The lowest BCUT2D eigenvalue weighted by atomic mass is 10.1. The second-order valence-corrected chi connectivity index (χ2v) is 5.28. The molecule has 3 aromatic rings. The third-order valence-electron chi connectivity index (χ3n) is 3.57. The number of carbonyl (C=O) groups excluding carboxylic acids is 1. The first-order valence-corrected chi connectivity index (χ1v) is 7.58. The Morgan fingerprint density at radius 3 is 2.56 bits per heavy atom. The molecule has 1 N–H and O–H groups in total. The highest BCUT2D eigenvalue weighted by Gasteiger charge is 2.10. The number of nitrogens with one attached hydrogen (secondary N) is 1. The number of halogens is 1.